The van der Waals surface area contributed by atoms with Gasteiger partial charge in [0, 0.05) is 17.1 Å². The molecule has 0 saturated heterocycles. The van der Waals surface area contributed by atoms with Crippen molar-refractivity contribution in [1.82, 2.24) is 5.32 Å². The maximum absolute atomic E-state index is 5.97. The van der Waals surface area contributed by atoms with Crippen LogP contribution in [0.4, 0.5) is 0 Å². The molecule has 0 aliphatic carbocycles. The van der Waals surface area contributed by atoms with Gasteiger partial charge >= 0.3 is 0 Å². The van der Waals surface area contributed by atoms with Crippen LogP contribution in [0.2, 0.25) is 5.02 Å². The average Bonchev–Trinajstić information content (AvgIpc) is 2.74. The molecular formula is C12H12ClNO. The maximum Gasteiger partial charge on any atom is 0.134 e. The van der Waals surface area contributed by atoms with Crippen molar-refractivity contribution in [2.45, 2.75) is 6.54 Å². The van der Waals surface area contributed by atoms with Gasteiger partial charge in [0.25, 0.3) is 0 Å². The molecule has 78 valence electrons. The molecule has 0 atom stereocenters. The van der Waals surface area contributed by atoms with Crippen molar-refractivity contribution in [3.8, 4) is 11.3 Å². The lowest BCUT2D eigenvalue weighted by Gasteiger charge is -2.07. The molecule has 0 aliphatic rings. The van der Waals surface area contributed by atoms with Crippen LogP contribution in [0.1, 0.15) is 5.56 Å². The summed E-state index contributed by atoms with van der Waals surface area (Å²) in [4.78, 5) is 0. The van der Waals surface area contributed by atoms with Crippen LogP contribution in [0.25, 0.3) is 11.3 Å². The van der Waals surface area contributed by atoms with Crippen molar-refractivity contribution >= 4 is 11.6 Å². The Balaban J connectivity index is 2.47. The number of rotatable bonds is 3. The van der Waals surface area contributed by atoms with Crippen LogP contribution >= 0.6 is 11.6 Å². The summed E-state index contributed by atoms with van der Waals surface area (Å²) >= 11 is 5.97. The Bertz CT molecular complexity index is 437. The molecule has 0 unspecified atom stereocenters. The fourth-order valence-electron chi connectivity index (χ4n) is 1.55. The second-order valence-electron chi connectivity index (χ2n) is 3.31. The van der Waals surface area contributed by atoms with Crippen LogP contribution in [0, 0.1) is 0 Å². The first-order valence-electron chi connectivity index (χ1n) is 4.78. The molecule has 0 amide bonds. The third-order valence-corrected chi connectivity index (χ3v) is 2.46. The van der Waals surface area contributed by atoms with E-state index in [9.17, 15) is 0 Å². The second-order valence-corrected chi connectivity index (χ2v) is 3.75. The summed E-state index contributed by atoms with van der Waals surface area (Å²) in [6, 6.07) is 9.63. The minimum Gasteiger partial charge on any atom is -0.464 e. The smallest absolute Gasteiger partial charge is 0.134 e. The van der Waals surface area contributed by atoms with Crippen LogP contribution in [-0.4, -0.2) is 7.05 Å². The molecule has 0 bridgehead atoms. The van der Waals surface area contributed by atoms with E-state index in [0.29, 0.717) is 0 Å². The normalized spacial score (nSPS) is 10.5. The predicted octanol–water partition coefficient (Wildman–Crippen LogP) is 3.32. The second kappa shape index (κ2) is 4.51. The van der Waals surface area contributed by atoms with E-state index in [-0.39, 0.29) is 0 Å². The van der Waals surface area contributed by atoms with E-state index < -0.39 is 0 Å². The Morgan fingerprint density at radius 1 is 1.33 bits per heavy atom. The quantitative estimate of drug-likeness (QED) is 0.860. The van der Waals surface area contributed by atoms with Gasteiger partial charge in [-0.25, -0.2) is 0 Å². The van der Waals surface area contributed by atoms with Crippen LogP contribution < -0.4 is 5.32 Å². The molecule has 0 radical (unpaired) electrons. The largest absolute Gasteiger partial charge is 0.464 e. The predicted molar refractivity (Wildman–Crippen MR) is 61.9 cm³/mol. The van der Waals surface area contributed by atoms with Crippen LogP contribution in [-0.2, 0) is 6.54 Å². The number of nitrogens with one attached hydrogen (secondary N) is 1. The number of benzene rings is 1. The van der Waals surface area contributed by atoms with Gasteiger partial charge in [-0.3, -0.25) is 0 Å². The Labute approximate surface area is 93.9 Å². The zero-order valence-electron chi connectivity index (χ0n) is 8.46. The first-order valence-corrected chi connectivity index (χ1v) is 5.16. The van der Waals surface area contributed by atoms with Crippen LogP contribution in [0.5, 0.6) is 0 Å². The van der Waals surface area contributed by atoms with Crippen LogP contribution in [0.3, 0.4) is 0 Å². The Kier molecular flexibility index (Phi) is 3.09. The lowest BCUT2D eigenvalue weighted by molar-refractivity contribution is 0.581. The highest BCUT2D eigenvalue weighted by Gasteiger charge is 2.07. The lowest BCUT2D eigenvalue weighted by atomic mass is 10.1. The molecule has 15 heavy (non-hydrogen) atoms. The third kappa shape index (κ3) is 2.22. The third-order valence-electron chi connectivity index (χ3n) is 2.23. The summed E-state index contributed by atoms with van der Waals surface area (Å²) in [5.41, 5.74) is 2.22. The molecule has 2 rings (SSSR count). The van der Waals surface area contributed by atoms with Gasteiger partial charge in [-0.2, -0.15) is 0 Å². The summed E-state index contributed by atoms with van der Waals surface area (Å²) in [7, 11) is 1.92. The molecule has 1 aromatic carbocycles. The van der Waals surface area contributed by atoms with Gasteiger partial charge in [-0.05, 0) is 36.9 Å². The van der Waals surface area contributed by atoms with E-state index in [2.05, 4.69) is 5.32 Å². The lowest BCUT2D eigenvalue weighted by Crippen LogP contribution is -2.06. The van der Waals surface area contributed by atoms with Crippen molar-refractivity contribution in [2.24, 2.45) is 0 Å². The number of hydrogen-bond acceptors (Lipinski definition) is 2. The monoisotopic (exact) mass is 221 g/mol. The fourth-order valence-corrected chi connectivity index (χ4v) is 1.73. The molecule has 1 heterocycles. The Morgan fingerprint density at radius 2 is 2.20 bits per heavy atom. The summed E-state index contributed by atoms with van der Waals surface area (Å²) in [6.07, 6.45) is 1.67. The summed E-state index contributed by atoms with van der Waals surface area (Å²) in [5.74, 6) is 0.850. The van der Waals surface area contributed by atoms with E-state index in [4.69, 9.17) is 16.0 Å². The molecule has 0 saturated carbocycles. The molecule has 1 N–H and O–H groups in total. The highest BCUT2D eigenvalue weighted by Crippen LogP contribution is 2.27. The molecule has 3 heteroatoms. The van der Waals surface area contributed by atoms with Gasteiger partial charge < -0.3 is 9.73 Å². The molecule has 1 aromatic heterocycles. The first kappa shape index (κ1) is 10.3. The van der Waals surface area contributed by atoms with Crippen molar-refractivity contribution in [3.63, 3.8) is 0 Å². The zero-order valence-corrected chi connectivity index (χ0v) is 9.21. The van der Waals surface area contributed by atoms with E-state index in [0.717, 1.165) is 22.9 Å². The maximum atomic E-state index is 5.97. The SMILES string of the molecule is CNCc1ccc(Cl)cc1-c1ccco1. The van der Waals surface area contributed by atoms with Gasteiger partial charge in [-0.15, -0.1) is 0 Å². The Hall–Kier alpha value is -1.25. The zero-order chi connectivity index (χ0) is 10.7. The van der Waals surface area contributed by atoms with E-state index >= 15 is 0 Å². The molecule has 0 fully saturated rings. The molecule has 2 nitrogen and oxygen atoms in total. The molecule has 0 aliphatic heterocycles. The van der Waals surface area contributed by atoms with Gasteiger partial charge in [0.05, 0.1) is 6.26 Å². The minimum absolute atomic E-state index is 0.723. The standard InChI is InChI=1S/C12H12ClNO/c1-14-8-9-4-5-10(13)7-11(9)12-3-2-6-15-12/h2-7,14H,8H2,1H3. The van der Waals surface area contributed by atoms with Gasteiger partial charge in [0.1, 0.15) is 5.76 Å². The number of hydrogen-bond donors (Lipinski definition) is 1. The molecule has 0 spiro atoms. The van der Waals surface area contributed by atoms with E-state index in [1.54, 1.807) is 6.26 Å². The highest BCUT2D eigenvalue weighted by molar-refractivity contribution is 6.30. The topological polar surface area (TPSA) is 25.2 Å². The van der Waals surface area contributed by atoms with Crippen molar-refractivity contribution in [3.05, 3.63) is 47.2 Å². The molecular weight excluding hydrogens is 210 g/mol. The first-order chi connectivity index (χ1) is 7.31. The van der Waals surface area contributed by atoms with Crippen molar-refractivity contribution < 1.29 is 4.42 Å². The molecule has 2 aromatic rings. The highest BCUT2D eigenvalue weighted by atomic mass is 35.5. The number of furan rings is 1. The Morgan fingerprint density at radius 3 is 2.87 bits per heavy atom. The fraction of sp³-hybridized carbons (Fsp3) is 0.167. The van der Waals surface area contributed by atoms with Crippen molar-refractivity contribution in [1.29, 1.82) is 0 Å². The van der Waals surface area contributed by atoms with E-state index in [1.807, 2.05) is 37.4 Å². The van der Waals surface area contributed by atoms with Crippen molar-refractivity contribution in [2.75, 3.05) is 7.05 Å². The summed E-state index contributed by atoms with van der Waals surface area (Å²) in [6.45, 7) is 0.799. The minimum atomic E-state index is 0.723. The number of halogens is 1. The summed E-state index contributed by atoms with van der Waals surface area (Å²) < 4.78 is 5.38. The van der Waals surface area contributed by atoms with Gasteiger partial charge in [-0.1, -0.05) is 17.7 Å². The average molecular weight is 222 g/mol. The van der Waals surface area contributed by atoms with Crippen LogP contribution in [0.15, 0.2) is 41.0 Å². The summed E-state index contributed by atoms with van der Waals surface area (Å²) in [5, 5.41) is 3.84. The van der Waals surface area contributed by atoms with Gasteiger partial charge in [0.15, 0.2) is 0 Å². The van der Waals surface area contributed by atoms with Gasteiger partial charge in [0.2, 0.25) is 0 Å². The van der Waals surface area contributed by atoms with E-state index in [1.165, 1.54) is 5.56 Å².